The Kier molecular flexibility index (Phi) is 3.73. The molecule has 4 rings (SSSR count). The van der Waals surface area contributed by atoms with Crippen molar-refractivity contribution in [2.45, 2.75) is 11.4 Å². The van der Waals surface area contributed by atoms with Crippen molar-refractivity contribution in [3.8, 4) is 0 Å². The second-order valence-electron chi connectivity index (χ2n) is 5.56. The normalized spacial score (nSPS) is 23.1. The number of hydrogen-bond acceptors (Lipinski definition) is 3. The highest BCUT2D eigenvalue weighted by Crippen LogP contribution is 2.46. The molecule has 7 heteroatoms. The summed E-state index contributed by atoms with van der Waals surface area (Å²) in [6.07, 6.45) is 0. The third-order valence-corrected chi connectivity index (χ3v) is 5.73. The molecule has 2 atom stereocenters. The van der Waals surface area contributed by atoms with Gasteiger partial charge in [0, 0.05) is 16.3 Å². The lowest BCUT2D eigenvalue weighted by Gasteiger charge is -2.23. The summed E-state index contributed by atoms with van der Waals surface area (Å²) in [6, 6.07) is 11.9. The fourth-order valence-electron chi connectivity index (χ4n) is 3.03. The molecule has 2 aromatic carbocycles. The van der Waals surface area contributed by atoms with Crippen molar-refractivity contribution in [3.05, 3.63) is 64.9 Å². The van der Waals surface area contributed by atoms with Crippen molar-refractivity contribution in [2.75, 3.05) is 10.7 Å². The number of anilines is 1. The highest BCUT2D eigenvalue weighted by molar-refractivity contribution is 7.99. The zero-order valence-electron chi connectivity index (χ0n) is 12.4. The van der Waals surface area contributed by atoms with Crippen molar-refractivity contribution in [2.24, 2.45) is 0 Å². The minimum Gasteiger partial charge on any atom is -0.295 e. The molecule has 0 spiro atoms. The number of urea groups is 1. The Bertz CT molecular complexity index is 830. The summed E-state index contributed by atoms with van der Waals surface area (Å²) in [6.45, 7) is 0. The summed E-state index contributed by atoms with van der Waals surface area (Å²) in [5.41, 5.74) is 0.894. The summed E-state index contributed by atoms with van der Waals surface area (Å²) in [5.74, 6) is -0.206. The van der Waals surface area contributed by atoms with Gasteiger partial charge in [-0.3, -0.25) is 9.69 Å². The van der Waals surface area contributed by atoms with E-state index in [1.54, 1.807) is 42.5 Å². The van der Waals surface area contributed by atoms with E-state index in [4.69, 9.17) is 11.6 Å². The van der Waals surface area contributed by atoms with Crippen LogP contribution in [0.1, 0.15) is 10.9 Å². The fourth-order valence-corrected chi connectivity index (χ4v) is 4.59. The monoisotopic (exact) mass is 362 g/mol. The first-order chi connectivity index (χ1) is 11.6. The van der Waals surface area contributed by atoms with Gasteiger partial charge in [0.1, 0.15) is 17.2 Å². The number of fused-ring (bicyclic) bond motifs is 1. The number of carbonyl (C=O) groups excluding carboxylic acids is 2. The number of thioether (sulfide) groups is 1. The van der Waals surface area contributed by atoms with Crippen molar-refractivity contribution >= 4 is 41.0 Å². The van der Waals surface area contributed by atoms with Gasteiger partial charge >= 0.3 is 6.03 Å². The number of carbonyl (C=O) groups is 2. The molecule has 2 aliphatic heterocycles. The highest BCUT2D eigenvalue weighted by atomic mass is 35.5. The lowest BCUT2D eigenvalue weighted by molar-refractivity contribution is -0.119. The third-order valence-electron chi connectivity index (χ3n) is 4.17. The van der Waals surface area contributed by atoms with Crippen LogP contribution in [0.5, 0.6) is 0 Å². The molecule has 2 heterocycles. The molecule has 2 aromatic rings. The number of rotatable bonds is 2. The smallest absolute Gasteiger partial charge is 0.295 e. The number of imide groups is 1. The first kappa shape index (κ1) is 15.5. The average Bonchev–Trinajstić information content (AvgIpc) is 3.10. The standard InChI is InChI=1S/C17H12ClFN2O2S/c18-10-5-7-11(8-6-10)20-15(22)14-9-24-16(21(14)17(20)23)12-3-1-2-4-13(12)19/h1-8,14,16H,9H2/t14-,16-/m1/s1. The lowest BCUT2D eigenvalue weighted by Crippen LogP contribution is -2.34. The van der Waals surface area contributed by atoms with Gasteiger partial charge < -0.3 is 0 Å². The SMILES string of the molecule is O=C1[C@H]2CS[C@H](c3ccccc3F)N2C(=O)N1c1ccc(Cl)cc1. The number of benzene rings is 2. The molecule has 0 unspecified atom stereocenters. The van der Waals surface area contributed by atoms with Crippen LogP contribution < -0.4 is 4.90 Å². The molecular formula is C17H12ClFN2O2S. The molecule has 24 heavy (non-hydrogen) atoms. The van der Waals surface area contributed by atoms with Gasteiger partial charge in [0.25, 0.3) is 5.91 Å². The van der Waals surface area contributed by atoms with Crippen LogP contribution in [-0.2, 0) is 4.79 Å². The first-order valence-electron chi connectivity index (χ1n) is 7.36. The molecule has 122 valence electrons. The van der Waals surface area contributed by atoms with Gasteiger partial charge in [0.2, 0.25) is 0 Å². The molecule has 0 saturated carbocycles. The van der Waals surface area contributed by atoms with Crippen LogP contribution in [0.2, 0.25) is 5.02 Å². The van der Waals surface area contributed by atoms with E-state index < -0.39 is 17.4 Å². The molecule has 0 bridgehead atoms. The Morgan fingerprint density at radius 2 is 1.79 bits per heavy atom. The summed E-state index contributed by atoms with van der Waals surface area (Å²) in [4.78, 5) is 28.1. The third kappa shape index (κ3) is 2.29. The second-order valence-corrected chi connectivity index (χ2v) is 7.11. The van der Waals surface area contributed by atoms with Crippen LogP contribution in [0.15, 0.2) is 48.5 Å². The van der Waals surface area contributed by atoms with E-state index in [1.165, 1.54) is 22.7 Å². The van der Waals surface area contributed by atoms with Gasteiger partial charge in [-0.25, -0.2) is 14.1 Å². The predicted octanol–water partition coefficient (Wildman–Crippen LogP) is 4.06. The van der Waals surface area contributed by atoms with Gasteiger partial charge in [-0.05, 0) is 30.3 Å². The van der Waals surface area contributed by atoms with Crippen molar-refractivity contribution in [1.82, 2.24) is 4.90 Å². The molecule has 0 N–H and O–H groups in total. The molecule has 3 amide bonds. The van der Waals surface area contributed by atoms with E-state index in [0.717, 1.165) is 4.90 Å². The van der Waals surface area contributed by atoms with E-state index >= 15 is 0 Å². The quantitative estimate of drug-likeness (QED) is 0.756. The van der Waals surface area contributed by atoms with Gasteiger partial charge in [0.15, 0.2) is 0 Å². The van der Waals surface area contributed by atoms with Gasteiger partial charge in [-0.15, -0.1) is 11.8 Å². The Morgan fingerprint density at radius 1 is 1.08 bits per heavy atom. The van der Waals surface area contributed by atoms with E-state index in [0.29, 0.717) is 22.0 Å². The summed E-state index contributed by atoms with van der Waals surface area (Å²) in [7, 11) is 0. The Morgan fingerprint density at radius 3 is 2.50 bits per heavy atom. The molecule has 0 aliphatic carbocycles. The number of hydrogen-bond donors (Lipinski definition) is 0. The maximum Gasteiger partial charge on any atom is 0.333 e. The Balaban J connectivity index is 1.70. The molecule has 0 radical (unpaired) electrons. The van der Waals surface area contributed by atoms with Crippen LogP contribution >= 0.6 is 23.4 Å². The number of amides is 3. The Labute approximate surface area is 147 Å². The first-order valence-corrected chi connectivity index (χ1v) is 8.78. The van der Waals surface area contributed by atoms with Crippen LogP contribution in [0.4, 0.5) is 14.9 Å². The maximum atomic E-state index is 14.1. The fraction of sp³-hybridized carbons (Fsp3) is 0.176. The second kappa shape index (κ2) is 5.79. The van der Waals surface area contributed by atoms with Crippen LogP contribution in [0.25, 0.3) is 0 Å². The van der Waals surface area contributed by atoms with Crippen LogP contribution in [-0.4, -0.2) is 28.6 Å². The van der Waals surface area contributed by atoms with Crippen molar-refractivity contribution < 1.29 is 14.0 Å². The van der Waals surface area contributed by atoms with Crippen LogP contribution in [0.3, 0.4) is 0 Å². The minimum atomic E-state index is -0.567. The summed E-state index contributed by atoms with van der Waals surface area (Å²) >= 11 is 7.27. The van der Waals surface area contributed by atoms with Crippen molar-refractivity contribution in [3.63, 3.8) is 0 Å². The predicted molar refractivity (Wildman–Crippen MR) is 91.6 cm³/mol. The zero-order valence-corrected chi connectivity index (χ0v) is 13.9. The molecule has 2 saturated heterocycles. The maximum absolute atomic E-state index is 14.1. The largest absolute Gasteiger partial charge is 0.333 e. The summed E-state index contributed by atoms with van der Waals surface area (Å²) < 4.78 is 14.1. The molecule has 2 fully saturated rings. The van der Waals surface area contributed by atoms with E-state index in [1.807, 2.05) is 0 Å². The van der Waals surface area contributed by atoms with Crippen LogP contribution in [0, 0.1) is 5.82 Å². The van der Waals surface area contributed by atoms with Gasteiger partial charge in [0.05, 0.1) is 5.69 Å². The topological polar surface area (TPSA) is 40.6 Å². The molecule has 0 aromatic heterocycles. The molecule has 4 nitrogen and oxygen atoms in total. The number of halogens is 2. The van der Waals surface area contributed by atoms with E-state index in [-0.39, 0.29) is 11.7 Å². The zero-order chi connectivity index (χ0) is 16.8. The van der Waals surface area contributed by atoms with Gasteiger partial charge in [-0.1, -0.05) is 29.8 Å². The highest BCUT2D eigenvalue weighted by Gasteiger charge is 2.53. The van der Waals surface area contributed by atoms with Crippen molar-refractivity contribution in [1.29, 1.82) is 0 Å². The molecule has 2 aliphatic rings. The summed E-state index contributed by atoms with van der Waals surface area (Å²) in [5, 5.41) is 0.0306. The number of nitrogens with zero attached hydrogens (tertiary/aromatic N) is 2. The van der Waals surface area contributed by atoms with E-state index in [9.17, 15) is 14.0 Å². The van der Waals surface area contributed by atoms with E-state index in [2.05, 4.69) is 0 Å². The lowest BCUT2D eigenvalue weighted by atomic mass is 10.2. The van der Waals surface area contributed by atoms with Gasteiger partial charge in [-0.2, -0.15) is 0 Å². The molecular weight excluding hydrogens is 351 g/mol. The average molecular weight is 363 g/mol. The Hall–Kier alpha value is -2.05. The minimum absolute atomic E-state index is 0.284.